The Morgan fingerprint density at radius 3 is 1.34 bits per heavy atom. The van der Waals surface area contributed by atoms with E-state index >= 15 is 0 Å². The molecular weight excluding hydrogens is 747 g/mol. The van der Waals surface area contributed by atoms with Crippen molar-refractivity contribution in [3.05, 3.63) is 185 Å². The minimum atomic E-state index is -0.124. The van der Waals surface area contributed by atoms with Crippen molar-refractivity contribution in [2.24, 2.45) is 0 Å². The summed E-state index contributed by atoms with van der Waals surface area (Å²) in [7, 11) is 0. The SMILES string of the molecule is CCCCc1cc(CCCC)cc(-c2cc(-c3cc(CCCC)cc(CCCC)c3)cc(N(c3ccc4c(c3)C(C)(C)c3ccccc3-4)c3ccccc3-c3ccccc3)c2)c1. The molecule has 1 aliphatic carbocycles. The predicted molar refractivity (Wildman–Crippen MR) is 269 cm³/mol. The van der Waals surface area contributed by atoms with Gasteiger partial charge in [0.15, 0.2) is 0 Å². The maximum atomic E-state index is 2.56. The fourth-order valence-corrected chi connectivity index (χ4v) is 9.82. The molecule has 1 nitrogen and oxygen atoms in total. The van der Waals surface area contributed by atoms with Gasteiger partial charge in [-0.3, -0.25) is 0 Å². The third kappa shape index (κ3) is 9.24. The van der Waals surface area contributed by atoms with Crippen molar-refractivity contribution in [2.45, 2.75) is 124 Å². The van der Waals surface area contributed by atoms with Gasteiger partial charge in [-0.15, -0.1) is 0 Å². The van der Waals surface area contributed by atoms with Crippen LogP contribution in [0.15, 0.2) is 152 Å². The van der Waals surface area contributed by atoms with E-state index in [1.807, 2.05) is 0 Å². The maximum absolute atomic E-state index is 2.56. The Bertz CT molecular complexity index is 2470. The smallest absolute Gasteiger partial charge is 0.0540 e. The molecule has 316 valence electrons. The summed E-state index contributed by atoms with van der Waals surface area (Å²) in [5.41, 5.74) is 22.3. The highest BCUT2D eigenvalue weighted by molar-refractivity contribution is 5.93. The molecule has 62 heavy (non-hydrogen) atoms. The summed E-state index contributed by atoms with van der Waals surface area (Å²) < 4.78 is 0. The zero-order valence-electron chi connectivity index (χ0n) is 38.4. The molecule has 1 aliphatic rings. The first kappa shape index (κ1) is 43.0. The van der Waals surface area contributed by atoms with Crippen LogP contribution < -0.4 is 4.90 Å². The molecule has 8 rings (SSSR count). The summed E-state index contributed by atoms with van der Waals surface area (Å²) in [4.78, 5) is 2.56. The third-order valence-corrected chi connectivity index (χ3v) is 13.3. The van der Waals surface area contributed by atoms with E-state index in [-0.39, 0.29) is 5.41 Å². The molecule has 7 aromatic carbocycles. The van der Waals surface area contributed by atoms with Crippen LogP contribution in [0.3, 0.4) is 0 Å². The first-order chi connectivity index (χ1) is 30.3. The lowest BCUT2D eigenvalue weighted by atomic mass is 9.82. The summed E-state index contributed by atoms with van der Waals surface area (Å²) in [6, 6.07) is 58.6. The van der Waals surface area contributed by atoms with Gasteiger partial charge in [0, 0.05) is 22.4 Å². The van der Waals surface area contributed by atoms with E-state index in [2.05, 4.69) is 198 Å². The molecule has 0 heterocycles. The monoisotopic (exact) mass is 814 g/mol. The third-order valence-electron chi connectivity index (χ3n) is 13.3. The summed E-state index contributed by atoms with van der Waals surface area (Å²) in [6.07, 6.45) is 14.0. The highest BCUT2D eigenvalue weighted by Gasteiger charge is 2.36. The highest BCUT2D eigenvalue weighted by atomic mass is 15.1. The second-order valence-electron chi connectivity index (χ2n) is 18.4. The Morgan fingerprint density at radius 2 is 0.806 bits per heavy atom. The van der Waals surface area contributed by atoms with Gasteiger partial charge in [0.25, 0.3) is 0 Å². The van der Waals surface area contributed by atoms with E-state index in [9.17, 15) is 0 Å². The van der Waals surface area contributed by atoms with Crippen molar-refractivity contribution in [3.63, 3.8) is 0 Å². The van der Waals surface area contributed by atoms with Crippen LogP contribution in [0, 0.1) is 0 Å². The lowest BCUT2D eigenvalue weighted by molar-refractivity contribution is 0.660. The van der Waals surface area contributed by atoms with Crippen LogP contribution in [0.5, 0.6) is 0 Å². The molecule has 0 saturated carbocycles. The fourth-order valence-electron chi connectivity index (χ4n) is 9.82. The van der Waals surface area contributed by atoms with Crippen LogP contribution in [0.4, 0.5) is 17.1 Å². The Kier molecular flexibility index (Phi) is 13.6. The Labute approximate surface area is 373 Å². The van der Waals surface area contributed by atoms with Crippen molar-refractivity contribution in [2.75, 3.05) is 4.90 Å². The molecule has 0 atom stereocenters. The standard InChI is InChI=1S/C61H67N/c1-7-11-22-44-34-45(23-12-8-2)37-49(36-44)51-40-52(50-38-46(24-13-9-3)35-47(39-50)25-14-10-4)42-54(41-51)62(60-31-21-19-28-55(60)48-26-16-15-17-27-48)53-32-33-57-56-29-18-20-30-58(56)61(5,6)59(57)43-53/h15-21,26-43H,7-14,22-25H2,1-6H3. The van der Waals surface area contributed by atoms with Crippen LogP contribution in [-0.4, -0.2) is 0 Å². The maximum Gasteiger partial charge on any atom is 0.0540 e. The molecule has 0 spiro atoms. The summed E-state index contributed by atoms with van der Waals surface area (Å²) in [5, 5.41) is 0. The van der Waals surface area contributed by atoms with Crippen LogP contribution in [-0.2, 0) is 31.1 Å². The number of anilines is 3. The van der Waals surface area contributed by atoms with Crippen molar-refractivity contribution >= 4 is 17.1 Å². The Hall–Kier alpha value is -5.66. The first-order valence-corrected chi connectivity index (χ1v) is 23.9. The van der Waals surface area contributed by atoms with Crippen LogP contribution in [0.25, 0.3) is 44.5 Å². The van der Waals surface area contributed by atoms with Gasteiger partial charge in [-0.05, 0) is 160 Å². The summed E-state index contributed by atoms with van der Waals surface area (Å²) in [5.74, 6) is 0. The number of aryl methyl sites for hydroxylation is 4. The fraction of sp³-hybridized carbons (Fsp3) is 0.311. The van der Waals surface area contributed by atoms with Gasteiger partial charge in [0.05, 0.1) is 5.69 Å². The molecule has 0 radical (unpaired) electrons. The normalized spacial score (nSPS) is 12.6. The second kappa shape index (κ2) is 19.6. The van der Waals surface area contributed by atoms with Crippen molar-refractivity contribution in [3.8, 4) is 44.5 Å². The average molecular weight is 814 g/mol. The van der Waals surface area contributed by atoms with Crippen molar-refractivity contribution in [1.29, 1.82) is 0 Å². The number of nitrogens with zero attached hydrogens (tertiary/aromatic N) is 1. The molecule has 0 aliphatic heterocycles. The van der Waals surface area contributed by atoms with Crippen molar-refractivity contribution < 1.29 is 0 Å². The minimum Gasteiger partial charge on any atom is -0.310 e. The predicted octanol–water partition coefficient (Wildman–Crippen LogP) is 17.8. The largest absolute Gasteiger partial charge is 0.310 e. The lowest BCUT2D eigenvalue weighted by Gasteiger charge is -2.30. The molecule has 0 saturated heterocycles. The van der Waals surface area contributed by atoms with Crippen LogP contribution in [0.1, 0.15) is 126 Å². The van der Waals surface area contributed by atoms with E-state index in [4.69, 9.17) is 0 Å². The average Bonchev–Trinajstić information content (AvgIpc) is 3.54. The van der Waals surface area contributed by atoms with Crippen molar-refractivity contribution in [1.82, 2.24) is 0 Å². The molecule has 0 amide bonds. The molecule has 0 unspecified atom stereocenters. The number of unbranched alkanes of at least 4 members (excludes halogenated alkanes) is 4. The lowest BCUT2D eigenvalue weighted by Crippen LogP contribution is -2.17. The van der Waals surface area contributed by atoms with Gasteiger partial charge < -0.3 is 4.90 Å². The molecule has 0 bridgehead atoms. The van der Waals surface area contributed by atoms with Crippen LogP contribution >= 0.6 is 0 Å². The molecule has 0 aromatic heterocycles. The Balaban J connectivity index is 1.40. The summed E-state index contributed by atoms with van der Waals surface area (Å²) >= 11 is 0. The van der Waals surface area contributed by atoms with E-state index in [0.717, 1.165) is 25.7 Å². The van der Waals surface area contributed by atoms with E-state index in [0.29, 0.717) is 0 Å². The summed E-state index contributed by atoms with van der Waals surface area (Å²) in [6.45, 7) is 14.0. The number of rotatable bonds is 18. The highest BCUT2D eigenvalue weighted by Crippen LogP contribution is 2.52. The molecule has 1 heteroatoms. The number of benzene rings is 7. The van der Waals surface area contributed by atoms with E-state index < -0.39 is 0 Å². The topological polar surface area (TPSA) is 3.24 Å². The van der Waals surface area contributed by atoms with Crippen LogP contribution in [0.2, 0.25) is 0 Å². The molecular formula is C61H67N. The minimum absolute atomic E-state index is 0.124. The van der Waals surface area contributed by atoms with Gasteiger partial charge in [-0.2, -0.15) is 0 Å². The molecule has 0 fully saturated rings. The number of hydrogen-bond donors (Lipinski definition) is 0. The van der Waals surface area contributed by atoms with Gasteiger partial charge in [-0.25, -0.2) is 0 Å². The number of para-hydroxylation sites is 1. The van der Waals surface area contributed by atoms with Gasteiger partial charge in [0.2, 0.25) is 0 Å². The first-order valence-electron chi connectivity index (χ1n) is 23.9. The number of fused-ring (bicyclic) bond motifs is 3. The molecule has 7 aromatic rings. The molecule has 0 N–H and O–H groups in total. The second-order valence-corrected chi connectivity index (χ2v) is 18.4. The quantitative estimate of drug-likeness (QED) is 0.0834. The van der Waals surface area contributed by atoms with Gasteiger partial charge in [-0.1, -0.05) is 182 Å². The number of hydrogen-bond acceptors (Lipinski definition) is 1. The van der Waals surface area contributed by atoms with Gasteiger partial charge in [0.1, 0.15) is 0 Å². The van der Waals surface area contributed by atoms with E-state index in [1.54, 1.807) is 0 Å². The van der Waals surface area contributed by atoms with E-state index in [1.165, 1.54) is 146 Å². The zero-order chi connectivity index (χ0) is 43.1. The van der Waals surface area contributed by atoms with Gasteiger partial charge >= 0.3 is 0 Å². The Morgan fingerprint density at radius 1 is 0.355 bits per heavy atom. The zero-order valence-corrected chi connectivity index (χ0v) is 38.4.